The Morgan fingerprint density at radius 2 is 2.26 bits per heavy atom. The number of fused-ring (bicyclic) bond motifs is 1. The normalized spacial score (nSPS) is 31.2. The van der Waals surface area contributed by atoms with E-state index in [1.807, 2.05) is 30.6 Å². The molecule has 2 amide bonds. The van der Waals surface area contributed by atoms with Gasteiger partial charge in [0, 0.05) is 11.0 Å². The van der Waals surface area contributed by atoms with Crippen molar-refractivity contribution in [3.8, 4) is 0 Å². The number of thioether (sulfide) groups is 1. The summed E-state index contributed by atoms with van der Waals surface area (Å²) in [5, 5.41) is 16.4. The third-order valence-corrected chi connectivity index (χ3v) is 5.66. The number of carbonyl (C=O) groups is 1. The number of hydrogen-bond donors (Lipinski definition) is 3. The molecule has 19 heavy (non-hydrogen) atoms. The van der Waals surface area contributed by atoms with Gasteiger partial charge in [0.1, 0.15) is 6.23 Å². The van der Waals surface area contributed by atoms with Crippen LogP contribution in [-0.2, 0) is 0 Å². The molecule has 4 atom stereocenters. The summed E-state index contributed by atoms with van der Waals surface area (Å²) in [6.07, 6.45) is 3.80. The Bertz CT molecular complexity index is 316. The highest BCUT2D eigenvalue weighted by molar-refractivity contribution is 8.00. The maximum Gasteiger partial charge on any atom is 0.315 e. The molecule has 110 valence electrons. The number of nitrogens with zero attached hydrogens (tertiary/aromatic N) is 1. The lowest BCUT2D eigenvalue weighted by Gasteiger charge is -2.22. The van der Waals surface area contributed by atoms with Gasteiger partial charge in [-0.25, -0.2) is 4.79 Å². The fraction of sp³-hybridized carbons (Fsp3) is 0.923. The molecule has 2 aliphatic heterocycles. The summed E-state index contributed by atoms with van der Waals surface area (Å²) < 4.78 is 0. The first-order valence-corrected chi connectivity index (χ1v) is 8.23. The molecule has 0 aromatic rings. The fourth-order valence-corrected chi connectivity index (χ4v) is 4.29. The summed E-state index contributed by atoms with van der Waals surface area (Å²) in [5.41, 5.74) is 0. The van der Waals surface area contributed by atoms with Crippen LogP contribution in [0.5, 0.6) is 0 Å². The molecular formula is C13H25N3O2S. The molecule has 2 saturated heterocycles. The van der Waals surface area contributed by atoms with Gasteiger partial charge in [-0.3, -0.25) is 4.90 Å². The Labute approximate surface area is 119 Å². The van der Waals surface area contributed by atoms with E-state index in [-0.39, 0.29) is 12.3 Å². The SMILES string of the molecule is CCN(C)C(O)CCCCC1SCC2NC(=O)NC21. The number of amides is 2. The largest absolute Gasteiger partial charge is 0.378 e. The van der Waals surface area contributed by atoms with Crippen LogP contribution < -0.4 is 10.6 Å². The predicted molar refractivity (Wildman–Crippen MR) is 78.3 cm³/mol. The number of hydrogen-bond acceptors (Lipinski definition) is 4. The van der Waals surface area contributed by atoms with Crippen LogP contribution in [0.15, 0.2) is 0 Å². The average Bonchev–Trinajstić information content (AvgIpc) is 2.93. The Kier molecular flexibility index (Phi) is 5.36. The zero-order valence-electron chi connectivity index (χ0n) is 11.8. The maximum atomic E-state index is 11.3. The van der Waals surface area contributed by atoms with E-state index < -0.39 is 0 Å². The van der Waals surface area contributed by atoms with Gasteiger partial charge < -0.3 is 15.7 Å². The molecule has 6 heteroatoms. The number of aliphatic hydroxyl groups excluding tert-OH is 1. The molecule has 2 heterocycles. The monoisotopic (exact) mass is 287 g/mol. The molecular weight excluding hydrogens is 262 g/mol. The van der Waals surface area contributed by atoms with Gasteiger partial charge in [-0.1, -0.05) is 13.3 Å². The van der Waals surface area contributed by atoms with E-state index in [1.165, 1.54) is 0 Å². The van der Waals surface area contributed by atoms with Crippen molar-refractivity contribution in [2.45, 2.75) is 56.2 Å². The molecule has 2 rings (SSSR count). The van der Waals surface area contributed by atoms with E-state index in [2.05, 4.69) is 10.6 Å². The number of carbonyl (C=O) groups excluding carboxylic acids is 1. The van der Waals surface area contributed by atoms with E-state index in [9.17, 15) is 9.90 Å². The number of unbranched alkanes of at least 4 members (excludes halogenated alkanes) is 1. The van der Waals surface area contributed by atoms with Gasteiger partial charge in [-0.2, -0.15) is 11.8 Å². The van der Waals surface area contributed by atoms with Crippen LogP contribution >= 0.6 is 11.8 Å². The second kappa shape index (κ2) is 6.81. The third kappa shape index (κ3) is 3.77. The molecule has 2 fully saturated rings. The Hall–Kier alpha value is -0.460. The molecule has 3 N–H and O–H groups in total. The highest BCUT2D eigenvalue weighted by atomic mass is 32.2. The lowest BCUT2D eigenvalue weighted by atomic mass is 10.0. The lowest BCUT2D eigenvalue weighted by molar-refractivity contribution is 0.0173. The molecule has 0 saturated carbocycles. The van der Waals surface area contributed by atoms with Crippen LogP contribution in [0.25, 0.3) is 0 Å². The third-order valence-electron chi connectivity index (χ3n) is 4.15. The van der Waals surface area contributed by atoms with E-state index in [4.69, 9.17) is 0 Å². The first-order chi connectivity index (χ1) is 9.11. The van der Waals surface area contributed by atoms with E-state index in [0.717, 1.165) is 38.0 Å². The zero-order valence-corrected chi connectivity index (χ0v) is 12.6. The van der Waals surface area contributed by atoms with Crippen LogP contribution in [0.1, 0.15) is 32.6 Å². The lowest BCUT2D eigenvalue weighted by Crippen LogP contribution is -2.36. The summed E-state index contributed by atoms with van der Waals surface area (Å²) in [5.74, 6) is 1.02. The van der Waals surface area contributed by atoms with Crippen LogP contribution in [0.2, 0.25) is 0 Å². The van der Waals surface area contributed by atoms with Crippen molar-refractivity contribution in [3.63, 3.8) is 0 Å². The van der Waals surface area contributed by atoms with Gasteiger partial charge in [0.15, 0.2) is 0 Å². The number of rotatable bonds is 7. The molecule has 4 unspecified atom stereocenters. The second-order valence-corrected chi connectivity index (χ2v) is 6.73. The molecule has 5 nitrogen and oxygen atoms in total. The summed E-state index contributed by atoms with van der Waals surface area (Å²) >= 11 is 1.96. The van der Waals surface area contributed by atoms with E-state index in [1.54, 1.807) is 0 Å². The van der Waals surface area contributed by atoms with Gasteiger partial charge in [0.2, 0.25) is 0 Å². The summed E-state index contributed by atoms with van der Waals surface area (Å²) in [7, 11) is 1.95. The van der Waals surface area contributed by atoms with Crippen molar-refractivity contribution >= 4 is 17.8 Å². The average molecular weight is 287 g/mol. The minimum atomic E-state index is -0.318. The van der Waals surface area contributed by atoms with Gasteiger partial charge in [-0.05, 0) is 32.9 Å². The first kappa shape index (κ1) is 14.9. The second-order valence-electron chi connectivity index (χ2n) is 5.46. The maximum absolute atomic E-state index is 11.3. The van der Waals surface area contributed by atoms with Crippen molar-refractivity contribution in [2.24, 2.45) is 0 Å². The van der Waals surface area contributed by atoms with Gasteiger partial charge in [0.05, 0.1) is 12.1 Å². The minimum absolute atomic E-state index is 0.0136. The highest BCUT2D eigenvalue weighted by Gasteiger charge is 2.42. The fourth-order valence-electron chi connectivity index (χ4n) is 2.75. The van der Waals surface area contributed by atoms with Gasteiger partial charge in [-0.15, -0.1) is 0 Å². The van der Waals surface area contributed by atoms with Gasteiger partial charge >= 0.3 is 6.03 Å². The number of aliphatic hydroxyl groups is 1. The quantitative estimate of drug-likeness (QED) is 0.371. The van der Waals surface area contributed by atoms with Crippen LogP contribution in [0.4, 0.5) is 4.79 Å². The van der Waals surface area contributed by atoms with Crippen molar-refractivity contribution in [2.75, 3.05) is 19.3 Å². The van der Waals surface area contributed by atoms with Crippen molar-refractivity contribution in [1.29, 1.82) is 0 Å². The Morgan fingerprint density at radius 1 is 1.47 bits per heavy atom. The van der Waals surface area contributed by atoms with Crippen LogP contribution in [-0.4, -0.2) is 58.9 Å². The smallest absolute Gasteiger partial charge is 0.315 e. The molecule has 2 aliphatic rings. The topological polar surface area (TPSA) is 64.6 Å². The summed E-state index contributed by atoms with van der Waals surface area (Å²) in [4.78, 5) is 13.2. The van der Waals surface area contributed by atoms with Gasteiger partial charge in [0.25, 0.3) is 0 Å². The highest BCUT2D eigenvalue weighted by Crippen LogP contribution is 2.33. The minimum Gasteiger partial charge on any atom is -0.378 e. The van der Waals surface area contributed by atoms with Crippen LogP contribution in [0.3, 0.4) is 0 Å². The molecule has 0 bridgehead atoms. The number of urea groups is 1. The van der Waals surface area contributed by atoms with E-state index >= 15 is 0 Å². The first-order valence-electron chi connectivity index (χ1n) is 7.18. The molecule has 0 aromatic heterocycles. The van der Waals surface area contributed by atoms with E-state index in [0.29, 0.717) is 17.3 Å². The molecule has 0 aliphatic carbocycles. The summed E-state index contributed by atoms with van der Waals surface area (Å²) in [6.45, 7) is 2.93. The standard InChI is InChI=1S/C13H25N3O2S/c1-3-16(2)11(17)7-5-4-6-10-12-9(8-19-10)14-13(18)15-12/h9-12,17H,3-8H2,1-2H3,(H2,14,15,18). The zero-order chi connectivity index (χ0) is 13.8. The molecule has 0 aromatic carbocycles. The van der Waals surface area contributed by atoms with Crippen molar-refractivity contribution < 1.29 is 9.90 Å². The summed E-state index contributed by atoms with van der Waals surface area (Å²) in [6, 6.07) is 0.611. The van der Waals surface area contributed by atoms with Crippen molar-refractivity contribution in [1.82, 2.24) is 15.5 Å². The molecule has 0 radical (unpaired) electrons. The molecule has 0 spiro atoms. The van der Waals surface area contributed by atoms with Crippen LogP contribution in [0, 0.1) is 0 Å². The Morgan fingerprint density at radius 3 is 3.00 bits per heavy atom. The number of nitrogens with one attached hydrogen (secondary N) is 2. The predicted octanol–water partition coefficient (Wildman–Crippen LogP) is 0.982. The Balaban J connectivity index is 1.63. The van der Waals surface area contributed by atoms with Crippen molar-refractivity contribution in [3.05, 3.63) is 0 Å².